The molecule has 164 valence electrons. The maximum absolute atomic E-state index is 13.4. The van der Waals surface area contributed by atoms with Crippen molar-refractivity contribution < 1.29 is 37.8 Å². The predicted octanol–water partition coefficient (Wildman–Crippen LogP) is 3.28. The van der Waals surface area contributed by atoms with Crippen molar-refractivity contribution >= 4 is 73.3 Å². The van der Waals surface area contributed by atoms with Gasteiger partial charge in [0.1, 0.15) is 0 Å². The fourth-order valence-electron chi connectivity index (χ4n) is 3.92. The van der Waals surface area contributed by atoms with Gasteiger partial charge in [-0.25, -0.2) is 0 Å². The number of carbonyl (C=O) groups is 4. The Labute approximate surface area is 178 Å². The Morgan fingerprint density at radius 2 is 1.13 bits per heavy atom. The fraction of sp³-hybridized carbons (Fsp3) is 0.500. The van der Waals surface area contributed by atoms with Gasteiger partial charge in [-0.05, 0) is 0 Å². The summed E-state index contributed by atoms with van der Waals surface area (Å²) in [7, 11) is -11.3. The molecule has 3 aliphatic rings. The van der Waals surface area contributed by atoms with Crippen LogP contribution in [0.15, 0.2) is 9.53 Å². The molecule has 30 heavy (non-hydrogen) atoms. The van der Waals surface area contributed by atoms with E-state index in [-0.39, 0.29) is 13.2 Å². The molecule has 3 heterocycles. The van der Waals surface area contributed by atoms with E-state index in [1.807, 2.05) is 0 Å². The van der Waals surface area contributed by atoms with Crippen LogP contribution in [0, 0.1) is 0 Å². The molecule has 0 unspecified atom stereocenters. The number of amides is 6. The second-order valence-electron chi connectivity index (χ2n) is 5.83. The first kappa shape index (κ1) is 22.7. The number of nitrogens with zero attached hydrogens (tertiary/aromatic N) is 6. The molecule has 14 nitrogen and oxygen atoms in total. The molecule has 18 heteroatoms. The molecule has 3 fully saturated rings. The summed E-state index contributed by atoms with van der Waals surface area (Å²) >= 11 is 11.5. The number of rotatable bonds is 8. The summed E-state index contributed by atoms with van der Waals surface area (Å²) in [6, 6.07) is -4.04. The van der Waals surface area contributed by atoms with Gasteiger partial charge >= 0.3 is 178 Å². The van der Waals surface area contributed by atoms with Gasteiger partial charge in [-0.2, -0.15) is 0 Å². The summed E-state index contributed by atoms with van der Waals surface area (Å²) in [5, 5.41) is 0. The van der Waals surface area contributed by atoms with Gasteiger partial charge in [-0.3, -0.25) is 0 Å². The maximum atomic E-state index is 13.4. The van der Waals surface area contributed by atoms with Crippen LogP contribution in [0.5, 0.6) is 0 Å². The van der Waals surface area contributed by atoms with Crippen LogP contribution >= 0.6 is 37.8 Å². The summed E-state index contributed by atoms with van der Waals surface area (Å²) in [5.41, 5.74) is -2.55. The predicted molar refractivity (Wildman–Crippen MR) is 104 cm³/mol. The van der Waals surface area contributed by atoms with Gasteiger partial charge in [0.2, 0.25) is 0 Å². The first-order valence-corrected chi connectivity index (χ1v) is 13.3. The Kier molecular flexibility index (Phi) is 5.10. The molecule has 3 aliphatic heterocycles. The van der Waals surface area contributed by atoms with E-state index in [1.165, 1.54) is 13.8 Å². The summed E-state index contributed by atoms with van der Waals surface area (Å²) in [4.78, 5) is 77.1. The fourth-order valence-corrected chi connectivity index (χ4v) is 17.9. The van der Waals surface area contributed by atoms with Crippen molar-refractivity contribution in [2.45, 2.75) is 13.8 Å². The Morgan fingerprint density at radius 1 is 0.800 bits per heavy atom. The topological polar surface area (TPSA) is 159 Å². The van der Waals surface area contributed by atoms with Crippen molar-refractivity contribution in [1.29, 1.82) is 0 Å². The molecular formula is C12H14Cl2N6O8P2. The Morgan fingerprint density at radius 3 is 1.37 bits per heavy atom. The average Bonchev–Trinajstić information content (AvgIpc) is 2.95. The monoisotopic (exact) mass is 502 g/mol. The summed E-state index contributed by atoms with van der Waals surface area (Å²) in [6.07, 6.45) is 2.29. The molecule has 0 atom stereocenters. The number of hydrogen-bond acceptors (Lipinski definition) is 10. The van der Waals surface area contributed by atoms with E-state index in [2.05, 4.69) is 9.53 Å². The first-order chi connectivity index (χ1) is 14.2. The molecule has 0 aromatic carbocycles. The van der Waals surface area contributed by atoms with Gasteiger partial charge in [0.25, 0.3) is 0 Å². The molecule has 6 amide bonds. The molecule has 0 radical (unpaired) electrons. The van der Waals surface area contributed by atoms with Crippen molar-refractivity contribution in [2.24, 2.45) is 9.53 Å². The number of carbonyl (C=O) groups excluding carboxylic acids is 6. The molecule has 0 spiro atoms. The van der Waals surface area contributed by atoms with Crippen LogP contribution in [0.25, 0.3) is 0 Å². The average molecular weight is 503 g/mol. The minimum absolute atomic E-state index is 0.350. The van der Waals surface area contributed by atoms with Crippen molar-refractivity contribution in [3.63, 3.8) is 0 Å². The molecule has 0 N–H and O–H groups in total. The van der Waals surface area contributed by atoms with Crippen molar-refractivity contribution in [3.8, 4) is 0 Å². The van der Waals surface area contributed by atoms with E-state index in [4.69, 9.17) is 32.2 Å². The van der Waals surface area contributed by atoms with E-state index in [0.29, 0.717) is 18.7 Å². The SMILES string of the molecule is CCOP12(N=C=O)C(=O)N(CCl)C(=O)N1P1(N=C=O)(OCC)C(=O)N(CCl)C(=O)N21. The van der Waals surface area contributed by atoms with E-state index in [9.17, 15) is 28.8 Å². The quantitative estimate of drug-likeness (QED) is 0.161. The number of fused-ring (bicyclic) bond motifs is 4. The van der Waals surface area contributed by atoms with E-state index >= 15 is 0 Å². The van der Waals surface area contributed by atoms with Gasteiger partial charge in [0.15, 0.2) is 0 Å². The standard InChI is InChI=1S/C12H14Cl2N6O8P2/c1-3-27-29(15-7-21)11(25)17(5-13)9(23)19(29)30(16-8-22,28-4-2)12(26)18(6-14)10(24)20(29)30/h3-6H2,1-2H3. The van der Waals surface area contributed by atoms with Crippen LogP contribution in [0.4, 0.5) is 19.2 Å². The normalized spacial score (nSPS) is 26.9. The molecular weight excluding hydrogens is 489 g/mol. The number of imide groups is 2. The van der Waals surface area contributed by atoms with Gasteiger partial charge in [0, 0.05) is 0 Å². The van der Waals surface area contributed by atoms with Crippen molar-refractivity contribution in [2.75, 3.05) is 25.2 Å². The van der Waals surface area contributed by atoms with Gasteiger partial charge in [0.05, 0.1) is 0 Å². The number of alkyl halides is 2. The third-order valence-electron chi connectivity index (χ3n) is 4.72. The third-order valence-corrected chi connectivity index (χ3v) is 16.7. The van der Waals surface area contributed by atoms with Crippen molar-refractivity contribution in [1.82, 2.24) is 18.7 Å². The Balaban J connectivity index is 2.60. The van der Waals surface area contributed by atoms with Crippen LogP contribution in [0.3, 0.4) is 0 Å². The summed E-state index contributed by atoms with van der Waals surface area (Å²) in [5.74, 6) is 0. The van der Waals surface area contributed by atoms with E-state index in [1.54, 1.807) is 0 Å². The molecule has 0 aromatic rings. The number of isocyanates is 2. The minimum atomic E-state index is -5.63. The first-order valence-electron chi connectivity index (χ1n) is 8.18. The Bertz CT molecular complexity index is 911. The zero-order valence-electron chi connectivity index (χ0n) is 15.4. The van der Waals surface area contributed by atoms with Gasteiger partial charge in [-0.1, -0.05) is 0 Å². The van der Waals surface area contributed by atoms with Gasteiger partial charge < -0.3 is 0 Å². The molecule has 3 saturated heterocycles. The van der Waals surface area contributed by atoms with Crippen LogP contribution < -0.4 is 0 Å². The molecule has 0 aromatic heterocycles. The summed E-state index contributed by atoms with van der Waals surface area (Å²) in [6.45, 7) is 2.08. The van der Waals surface area contributed by atoms with Gasteiger partial charge in [-0.15, -0.1) is 0 Å². The molecule has 0 saturated carbocycles. The second-order valence-corrected chi connectivity index (χ2v) is 13.8. The van der Waals surface area contributed by atoms with E-state index in [0.717, 1.165) is 12.2 Å². The zero-order valence-corrected chi connectivity index (χ0v) is 18.7. The van der Waals surface area contributed by atoms with Crippen LogP contribution in [-0.2, 0) is 18.6 Å². The molecule has 0 bridgehead atoms. The Hall–Kier alpha value is -2.00. The van der Waals surface area contributed by atoms with Crippen LogP contribution in [-0.4, -0.2) is 79.4 Å². The van der Waals surface area contributed by atoms with Crippen LogP contribution in [0.1, 0.15) is 13.8 Å². The molecule has 3 rings (SSSR count). The number of urea groups is 2. The van der Waals surface area contributed by atoms with Crippen LogP contribution in [0.2, 0.25) is 0 Å². The van der Waals surface area contributed by atoms with E-state index < -0.39 is 49.9 Å². The molecule has 0 aliphatic carbocycles. The zero-order chi connectivity index (χ0) is 22.6. The van der Waals surface area contributed by atoms with Crippen molar-refractivity contribution in [3.05, 3.63) is 0 Å². The number of hydrogen-bond donors (Lipinski definition) is 0. The second kappa shape index (κ2) is 6.75. The summed E-state index contributed by atoms with van der Waals surface area (Å²) < 4.78 is 19.1. The number of halogens is 2. The third kappa shape index (κ3) is 1.84.